The first-order chi connectivity index (χ1) is 7.31. The Morgan fingerprint density at radius 3 is 3.07 bits per heavy atom. The van der Waals surface area contributed by atoms with Crippen molar-refractivity contribution < 1.29 is 4.39 Å². The second kappa shape index (κ2) is 4.40. The Morgan fingerprint density at radius 2 is 2.33 bits per heavy atom. The van der Waals surface area contributed by atoms with E-state index in [9.17, 15) is 4.39 Å². The van der Waals surface area contributed by atoms with Gasteiger partial charge in [0.2, 0.25) is 0 Å². The molecule has 2 rings (SSSR count). The largest absolute Gasteiger partial charge is 0.342 e. The van der Waals surface area contributed by atoms with Crippen molar-refractivity contribution in [2.45, 2.75) is 12.8 Å². The molecule has 3 nitrogen and oxygen atoms in total. The van der Waals surface area contributed by atoms with E-state index in [1.807, 2.05) is 13.1 Å². The average Bonchev–Trinajstić information content (AvgIpc) is 2.63. The highest BCUT2D eigenvalue weighted by Gasteiger charge is 2.05. The van der Waals surface area contributed by atoms with E-state index < -0.39 is 0 Å². The van der Waals surface area contributed by atoms with Crippen LogP contribution in [-0.2, 0) is 6.42 Å². The molecule has 1 aromatic heterocycles. The molecule has 4 heteroatoms. The molecule has 0 unspecified atom stereocenters. The van der Waals surface area contributed by atoms with Crippen molar-refractivity contribution in [1.82, 2.24) is 15.3 Å². The van der Waals surface area contributed by atoms with Crippen LogP contribution < -0.4 is 5.32 Å². The van der Waals surface area contributed by atoms with Crippen LogP contribution >= 0.6 is 0 Å². The topological polar surface area (TPSA) is 40.7 Å². The van der Waals surface area contributed by atoms with Gasteiger partial charge in [0.1, 0.15) is 11.3 Å². The van der Waals surface area contributed by atoms with Gasteiger partial charge >= 0.3 is 0 Å². The summed E-state index contributed by atoms with van der Waals surface area (Å²) < 4.78 is 13.3. The minimum atomic E-state index is -0.261. The smallest absolute Gasteiger partial charge is 0.151 e. The van der Waals surface area contributed by atoms with Crippen molar-refractivity contribution in [1.29, 1.82) is 0 Å². The van der Waals surface area contributed by atoms with Crippen molar-refractivity contribution in [2.75, 3.05) is 13.6 Å². The average molecular weight is 207 g/mol. The zero-order valence-electron chi connectivity index (χ0n) is 8.68. The summed E-state index contributed by atoms with van der Waals surface area (Å²) >= 11 is 0. The zero-order chi connectivity index (χ0) is 10.7. The summed E-state index contributed by atoms with van der Waals surface area (Å²) in [5, 5.41) is 3.07. The highest BCUT2D eigenvalue weighted by atomic mass is 19.1. The van der Waals surface area contributed by atoms with Crippen molar-refractivity contribution in [3.8, 4) is 0 Å². The number of para-hydroxylation sites is 1. The fourth-order valence-electron chi connectivity index (χ4n) is 1.60. The third-order valence-electron chi connectivity index (χ3n) is 2.35. The molecule has 0 aliphatic carbocycles. The Bertz CT molecular complexity index is 450. The van der Waals surface area contributed by atoms with Crippen LogP contribution in [0.4, 0.5) is 4.39 Å². The molecule has 0 atom stereocenters. The monoisotopic (exact) mass is 207 g/mol. The molecule has 0 aliphatic heterocycles. The van der Waals surface area contributed by atoms with Gasteiger partial charge in [0, 0.05) is 6.42 Å². The van der Waals surface area contributed by atoms with Gasteiger partial charge < -0.3 is 10.3 Å². The van der Waals surface area contributed by atoms with Gasteiger partial charge in [-0.3, -0.25) is 0 Å². The van der Waals surface area contributed by atoms with E-state index in [4.69, 9.17) is 0 Å². The van der Waals surface area contributed by atoms with Crippen LogP contribution in [0.1, 0.15) is 12.2 Å². The van der Waals surface area contributed by atoms with Gasteiger partial charge in [0.25, 0.3) is 0 Å². The molecular weight excluding hydrogens is 193 g/mol. The molecule has 2 N–H and O–H groups in total. The minimum Gasteiger partial charge on any atom is -0.342 e. The van der Waals surface area contributed by atoms with Crippen LogP contribution in [0.15, 0.2) is 18.2 Å². The molecule has 0 amide bonds. The Kier molecular flexibility index (Phi) is 2.97. The molecule has 0 saturated carbocycles. The number of imidazole rings is 1. The van der Waals surface area contributed by atoms with Crippen LogP contribution in [0.25, 0.3) is 11.0 Å². The number of hydrogen-bond donors (Lipinski definition) is 2. The number of benzene rings is 1. The number of nitrogens with zero attached hydrogens (tertiary/aromatic N) is 1. The first-order valence-corrected chi connectivity index (χ1v) is 5.09. The van der Waals surface area contributed by atoms with E-state index in [-0.39, 0.29) is 5.82 Å². The second-order valence-corrected chi connectivity index (χ2v) is 3.53. The minimum absolute atomic E-state index is 0.261. The summed E-state index contributed by atoms with van der Waals surface area (Å²) in [6, 6.07) is 4.96. The van der Waals surface area contributed by atoms with E-state index in [0.29, 0.717) is 5.52 Å². The van der Waals surface area contributed by atoms with Crippen LogP contribution in [-0.4, -0.2) is 23.6 Å². The quantitative estimate of drug-likeness (QED) is 0.751. The Balaban J connectivity index is 2.20. The fourth-order valence-corrected chi connectivity index (χ4v) is 1.60. The van der Waals surface area contributed by atoms with E-state index in [0.717, 1.165) is 30.7 Å². The zero-order valence-corrected chi connectivity index (χ0v) is 8.68. The van der Waals surface area contributed by atoms with Crippen molar-refractivity contribution in [3.63, 3.8) is 0 Å². The Morgan fingerprint density at radius 1 is 1.47 bits per heavy atom. The van der Waals surface area contributed by atoms with Gasteiger partial charge in [-0.05, 0) is 32.1 Å². The van der Waals surface area contributed by atoms with E-state index >= 15 is 0 Å². The number of halogens is 1. The van der Waals surface area contributed by atoms with Crippen LogP contribution in [0.2, 0.25) is 0 Å². The molecule has 0 spiro atoms. The van der Waals surface area contributed by atoms with Gasteiger partial charge in [-0.1, -0.05) is 6.07 Å². The number of aromatic amines is 1. The van der Waals surface area contributed by atoms with Gasteiger partial charge in [-0.25, -0.2) is 9.37 Å². The summed E-state index contributed by atoms with van der Waals surface area (Å²) in [5.74, 6) is 0.592. The van der Waals surface area contributed by atoms with E-state index in [2.05, 4.69) is 15.3 Å². The highest BCUT2D eigenvalue weighted by Crippen LogP contribution is 2.15. The molecule has 0 saturated heterocycles. The predicted molar refractivity (Wildman–Crippen MR) is 58.3 cm³/mol. The van der Waals surface area contributed by atoms with Crippen molar-refractivity contribution in [2.24, 2.45) is 0 Å². The molecule has 15 heavy (non-hydrogen) atoms. The summed E-state index contributed by atoms with van der Waals surface area (Å²) in [7, 11) is 1.91. The van der Waals surface area contributed by atoms with E-state index in [1.54, 1.807) is 6.07 Å². The maximum absolute atomic E-state index is 13.3. The number of rotatable bonds is 4. The Labute approximate surface area is 87.7 Å². The molecule has 0 bridgehead atoms. The lowest BCUT2D eigenvalue weighted by molar-refractivity contribution is 0.636. The maximum atomic E-state index is 13.3. The lowest BCUT2D eigenvalue weighted by Crippen LogP contribution is -2.08. The Hall–Kier alpha value is -1.42. The molecule has 80 valence electrons. The first kappa shape index (κ1) is 10.1. The van der Waals surface area contributed by atoms with Gasteiger partial charge in [-0.15, -0.1) is 0 Å². The number of aromatic nitrogens is 2. The SMILES string of the molecule is CNCCCc1nc2c(F)cccc2[nH]1. The lowest BCUT2D eigenvalue weighted by atomic mass is 10.3. The maximum Gasteiger partial charge on any atom is 0.151 e. The third-order valence-corrected chi connectivity index (χ3v) is 2.35. The van der Waals surface area contributed by atoms with Gasteiger partial charge in [-0.2, -0.15) is 0 Å². The summed E-state index contributed by atoms with van der Waals surface area (Å²) in [6.07, 6.45) is 1.84. The highest BCUT2D eigenvalue weighted by molar-refractivity contribution is 5.75. The molecule has 0 radical (unpaired) electrons. The third kappa shape index (κ3) is 2.15. The van der Waals surface area contributed by atoms with Crippen LogP contribution in [0, 0.1) is 5.82 Å². The summed E-state index contributed by atoms with van der Waals surface area (Å²) in [5.41, 5.74) is 1.21. The van der Waals surface area contributed by atoms with Gasteiger partial charge in [0.05, 0.1) is 5.52 Å². The van der Waals surface area contributed by atoms with Crippen LogP contribution in [0.5, 0.6) is 0 Å². The summed E-state index contributed by atoms with van der Waals surface area (Å²) in [4.78, 5) is 7.34. The molecule has 0 aliphatic rings. The fraction of sp³-hybridized carbons (Fsp3) is 0.364. The molecule has 2 aromatic rings. The molecule has 1 heterocycles. The number of aryl methyl sites for hydroxylation is 1. The molecule has 0 fully saturated rings. The van der Waals surface area contributed by atoms with Crippen LogP contribution in [0.3, 0.4) is 0 Å². The second-order valence-electron chi connectivity index (χ2n) is 3.53. The molecular formula is C11H14FN3. The van der Waals surface area contributed by atoms with Crippen molar-refractivity contribution >= 4 is 11.0 Å². The predicted octanol–water partition coefficient (Wildman–Crippen LogP) is 1.85. The lowest BCUT2D eigenvalue weighted by Gasteiger charge is -1.95. The first-order valence-electron chi connectivity index (χ1n) is 5.09. The van der Waals surface area contributed by atoms with Crippen molar-refractivity contribution in [3.05, 3.63) is 29.8 Å². The number of hydrogen-bond acceptors (Lipinski definition) is 2. The number of H-pyrrole nitrogens is 1. The van der Waals surface area contributed by atoms with Gasteiger partial charge in [0.15, 0.2) is 5.82 Å². The summed E-state index contributed by atoms with van der Waals surface area (Å²) in [6.45, 7) is 0.944. The number of fused-ring (bicyclic) bond motifs is 1. The normalized spacial score (nSPS) is 11.1. The number of nitrogens with one attached hydrogen (secondary N) is 2. The standard InChI is InChI=1S/C11H14FN3/c1-13-7-3-6-10-14-9-5-2-4-8(12)11(9)15-10/h2,4-5,13H,3,6-7H2,1H3,(H,14,15). The van der Waals surface area contributed by atoms with E-state index in [1.165, 1.54) is 6.07 Å². The molecule has 1 aromatic carbocycles.